The maximum absolute atomic E-state index is 14.0. The molecule has 1 saturated heterocycles. The second-order valence-electron chi connectivity index (χ2n) is 7.69. The summed E-state index contributed by atoms with van der Waals surface area (Å²) in [4.78, 5) is 22.0. The Labute approximate surface area is 164 Å². The van der Waals surface area contributed by atoms with Crippen molar-refractivity contribution in [3.8, 4) is 0 Å². The van der Waals surface area contributed by atoms with Crippen LogP contribution >= 0.6 is 0 Å². The molecule has 1 aromatic rings. The number of hydrogen-bond donors (Lipinski definition) is 2. The molecule has 0 radical (unpaired) electrons. The first-order chi connectivity index (χ1) is 13.5. The molecule has 7 nitrogen and oxygen atoms in total. The topological polar surface area (TPSA) is 78.9 Å². The van der Waals surface area contributed by atoms with Gasteiger partial charge in [0, 0.05) is 30.7 Å². The van der Waals surface area contributed by atoms with Gasteiger partial charge in [0.15, 0.2) is 5.82 Å². The van der Waals surface area contributed by atoms with Gasteiger partial charge in [0.05, 0.1) is 12.7 Å². The molecule has 150 valence electrons. The van der Waals surface area contributed by atoms with Crippen molar-refractivity contribution in [2.45, 2.75) is 45.3 Å². The highest BCUT2D eigenvalue weighted by atomic mass is 19.1. The number of halogens is 1. The molecule has 0 spiro atoms. The summed E-state index contributed by atoms with van der Waals surface area (Å²) in [7, 11) is 0. The molecular formula is C20H26FN5O2. The summed E-state index contributed by atoms with van der Waals surface area (Å²) in [5, 5.41) is 6.57. The van der Waals surface area contributed by atoms with Crippen molar-refractivity contribution in [1.29, 1.82) is 0 Å². The van der Waals surface area contributed by atoms with Crippen LogP contribution in [0, 0.1) is 18.7 Å². The maximum Gasteiger partial charge on any atom is 0.415 e. The summed E-state index contributed by atoms with van der Waals surface area (Å²) in [6.45, 7) is 5.99. The second kappa shape index (κ2) is 7.87. The third-order valence-electron chi connectivity index (χ3n) is 5.85. The zero-order chi connectivity index (χ0) is 19.7. The number of pyridine rings is 1. The van der Waals surface area contributed by atoms with E-state index in [1.807, 2.05) is 6.92 Å². The molecule has 1 amide bonds. The second-order valence-corrected chi connectivity index (χ2v) is 7.69. The predicted octanol–water partition coefficient (Wildman–Crippen LogP) is 1.91. The van der Waals surface area contributed by atoms with E-state index in [1.165, 1.54) is 6.20 Å². The van der Waals surface area contributed by atoms with Gasteiger partial charge in [-0.3, -0.25) is 9.88 Å². The lowest BCUT2D eigenvalue weighted by molar-refractivity contribution is 0.130. The van der Waals surface area contributed by atoms with Gasteiger partial charge >= 0.3 is 6.09 Å². The number of cyclic esters (lactones) is 1. The normalized spacial score (nSPS) is 24.6. The molecule has 3 heterocycles. The number of ether oxygens (including phenoxy) is 1. The van der Waals surface area contributed by atoms with Gasteiger partial charge in [0.1, 0.15) is 11.9 Å². The average Bonchev–Trinajstić information content (AvgIpc) is 3.30. The number of carbonyl (C=O) groups is 1. The quantitative estimate of drug-likeness (QED) is 0.780. The van der Waals surface area contributed by atoms with Crippen LogP contribution < -0.4 is 10.6 Å². The average molecular weight is 387 g/mol. The standard InChI is InChI=1S/C20H26FN5O2/c1-12(14-7-16-13(2)25-9-18(21)17(16)8-14)23-4-3-15-11-26(20(27)28-15)19-10-22-5-6-24-19/h6,9-10,12,14-15,22-23H,3-5,7-8,11H2,1-2H3/t12?,14?,15-/m0/s1. The lowest BCUT2D eigenvalue weighted by Gasteiger charge is -2.21. The summed E-state index contributed by atoms with van der Waals surface area (Å²) in [5.74, 6) is 0.750. The summed E-state index contributed by atoms with van der Waals surface area (Å²) < 4.78 is 19.5. The SMILES string of the molecule is Cc1ncc(F)c2c1CC(C(C)NCC[C@H]1CN(C3=CNCC=N3)C(=O)O1)C2. The minimum absolute atomic E-state index is 0.158. The Hall–Kier alpha value is -2.48. The van der Waals surface area contributed by atoms with E-state index in [0.717, 1.165) is 42.6 Å². The molecule has 0 saturated carbocycles. The molecule has 3 atom stereocenters. The monoisotopic (exact) mass is 387 g/mol. The molecule has 1 fully saturated rings. The van der Waals surface area contributed by atoms with Crippen LogP contribution in [0.4, 0.5) is 9.18 Å². The number of aliphatic imine (C=N–C) groups is 1. The van der Waals surface area contributed by atoms with E-state index >= 15 is 0 Å². The Kier molecular flexibility index (Phi) is 5.30. The number of nitrogens with zero attached hydrogens (tertiary/aromatic N) is 3. The highest BCUT2D eigenvalue weighted by Crippen LogP contribution is 2.32. The third-order valence-corrected chi connectivity index (χ3v) is 5.85. The van der Waals surface area contributed by atoms with E-state index in [1.54, 1.807) is 17.3 Å². The van der Waals surface area contributed by atoms with E-state index in [4.69, 9.17) is 4.74 Å². The van der Waals surface area contributed by atoms with Gasteiger partial charge in [0.2, 0.25) is 0 Å². The van der Waals surface area contributed by atoms with E-state index in [-0.39, 0.29) is 24.1 Å². The van der Waals surface area contributed by atoms with E-state index in [2.05, 4.69) is 27.5 Å². The fraction of sp³-hybridized carbons (Fsp3) is 0.550. The predicted molar refractivity (Wildman–Crippen MR) is 103 cm³/mol. The largest absolute Gasteiger partial charge is 0.444 e. The van der Waals surface area contributed by atoms with Gasteiger partial charge in [-0.25, -0.2) is 14.2 Å². The molecular weight excluding hydrogens is 361 g/mol. The Morgan fingerprint density at radius 2 is 2.25 bits per heavy atom. The van der Waals surface area contributed by atoms with Crippen molar-refractivity contribution in [1.82, 2.24) is 20.5 Å². The summed E-state index contributed by atoms with van der Waals surface area (Å²) in [6.07, 6.45) is 6.61. The Bertz CT molecular complexity index is 794. The van der Waals surface area contributed by atoms with Crippen molar-refractivity contribution >= 4 is 12.3 Å². The van der Waals surface area contributed by atoms with Crippen LogP contribution in [0.1, 0.15) is 30.2 Å². The number of nitrogens with one attached hydrogen (secondary N) is 2. The summed E-state index contributed by atoms with van der Waals surface area (Å²) in [5.41, 5.74) is 2.81. The molecule has 28 heavy (non-hydrogen) atoms. The number of aromatic nitrogens is 1. The Morgan fingerprint density at radius 1 is 1.43 bits per heavy atom. The van der Waals surface area contributed by atoms with Gasteiger partial charge in [-0.2, -0.15) is 0 Å². The number of fused-ring (bicyclic) bond motifs is 1. The van der Waals surface area contributed by atoms with Crippen molar-refractivity contribution in [3.05, 3.63) is 40.9 Å². The summed E-state index contributed by atoms with van der Waals surface area (Å²) >= 11 is 0. The third kappa shape index (κ3) is 3.73. The fourth-order valence-electron chi connectivity index (χ4n) is 4.14. The van der Waals surface area contributed by atoms with Crippen LogP contribution in [0.15, 0.2) is 23.2 Å². The molecule has 2 aliphatic heterocycles. The van der Waals surface area contributed by atoms with Crippen molar-refractivity contribution < 1.29 is 13.9 Å². The molecule has 2 N–H and O–H groups in total. The molecule has 0 aromatic carbocycles. The van der Waals surface area contributed by atoms with Crippen molar-refractivity contribution in [2.24, 2.45) is 10.9 Å². The molecule has 1 aliphatic carbocycles. The smallest absolute Gasteiger partial charge is 0.415 e. The Morgan fingerprint density at radius 3 is 3.00 bits per heavy atom. The number of hydrogen-bond acceptors (Lipinski definition) is 6. The lowest BCUT2D eigenvalue weighted by Crippen LogP contribution is -2.36. The molecule has 0 bridgehead atoms. The lowest BCUT2D eigenvalue weighted by atomic mass is 9.97. The van der Waals surface area contributed by atoms with E-state index in [9.17, 15) is 9.18 Å². The van der Waals surface area contributed by atoms with Gasteiger partial charge in [-0.1, -0.05) is 0 Å². The molecule has 2 unspecified atom stereocenters. The highest BCUT2D eigenvalue weighted by Gasteiger charge is 2.34. The van der Waals surface area contributed by atoms with Crippen molar-refractivity contribution in [2.75, 3.05) is 19.6 Å². The van der Waals surface area contributed by atoms with Crippen LogP contribution in [0.3, 0.4) is 0 Å². The zero-order valence-electron chi connectivity index (χ0n) is 16.2. The first-order valence-corrected chi connectivity index (χ1v) is 9.83. The minimum Gasteiger partial charge on any atom is -0.444 e. The van der Waals surface area contributed by atoms with Gasteiger partial charge in [-0.05, 0) is 56.7 Å². The first-order valence-electron chi connectivity index (χ1n) is 9.83. The Balaban J connectivity index is 1.25. The van der Waals surface area contributed by atoms with Crippen LogP contribution in [0.25, 0.3) is 0 Å². The zero-order valence-corrected chi connectivity index (χ0v) is 16.2. The van der Waals surface area contributed by atoms with E-state index < -0.39 is 0 Å². The minimum atomic E-state index is -0.352. The van der Waals surface area contributed by atoms with Crippen LogP contribution in [-0.4, -0.2) is 54.0 Å². The summed E-state index contributed by atoms with van der Waals surface area (Å²) in [6, 6.07) is 0.245. The first kappa shape index (κ1) is 18.9. The van der Waals surface area contributed by atoms with Crippen LogP contribution in [0.5, 0.6) is 0 Å². The number of carbonyl (C=O) groups excluding carboxylic acids is 1. The van der Waals surface area contributed by atoms with Crippen LogP contribution in [0.2, 0.25) is 0 Å². The molecule has 3 aliphatic rings. The van der Waals surface area contributed by atoms with E-state index in [0.29, 0.717) is 24.8 Å². The van der Waals surface area contributed by atoms with Gasteiger partial charge < -0.3 is 15.4 Å². The fourth-order valence-corrected chi connectivity index (χ4v) is 4.14. The highest BCUT2D eigenvalue weighted by molar-refractivity contribution is 5.73. The van der Waals surface area contributed by atoms with Gasteiger partial charge in [0.25, 0.3) is 0 Å². The number of rotatable bonds is 6. The van der Waals surface area contributed by atoms with Crippen LogP contribution in [-0.2, 0) is 17.6 Å². The number of amides is 1. The molecule has 8 heteroatoms. The van der Waals surface area contributed by atoms with Gasteiger partial charge in [-0.15, -0.1) is 0 Å². The van der Waals surface area contributed by atoms with Crippen molar-refractivity contribution in [3.63, 3.8) is 0 Å². The number of aryl methyl sites for hydroxylation is 1. The molecule has 1 aromatic heterocycles. The molecule has 4 rings (SSSR count). The maximum atomic E-state index is 14.0.